The van der Waals surface area contributed by atoms with Gasteiger partial charge in [-0.25, -0.2) is 0 Å². The lowest BCUT2D eigenvalue weighted by molar-refractivity contribution is -0.116. The number of unbranched alkanes of at least 4 members (excludes halogenated alkanes) is 1. The minimum Gasteiger partial charge on any atom is -0.326 e. The highest BCUT2D eigenvalue weighted by Crippen LogP contribution is 2.26. The van der Waals surface area contributed by atoms with Gasteiger partial charge in [-0.05, 0) is 63.1 Å². The summed E-state index contributed by atoms with van der Waals surface area (Å²) in [5.41, 5.74) is 3.87. The fourth-order valence-corrected chi connectivity index (χ4v) is 3.49. The zero-order chi connectivity index (χ0) is 19.8. The molecule has 4 nitrogen and oxygen atoms in total. The maximum atomic E-state index is 12.5. The molecular formula is C22H28N2O2S. The Labute approximate surface area is 166 Å². The Morgan fingerprint density at radius 1 is 1.04 bits per heavy atom. The van der Waals surface area contributed by atoms with Crippen molar-refractivity contribution in [2.24, 2.45) is 0 Å². The number of amides is 2. The first-order valence-electron chi connectivity index (χ1n) is 9.33. The van der Waals surface area contributed by atoms with Crippen LogP contribution in [0, 0.1) is 13.8 Å². The lowest BCUT2D eigenvalue weighted by Crippen LogP contribution is -2.22. The Morgan fingerprint density at radius 3 is 2.37 bits per heavy atom. The van der Waals surface area contributed by atoms with Crippen LogP contribution in [0.2, 0.25) is 0 Å². The molecule has 5 heteroatoms. The van der Waals surface area contributed by atoms with Gasteiger partial charge in [0.1, 0.15) is 0 Å². The number of thioether (sulfide) groups is 1. The molecule has 2 rings (SSSR count). The largest absolute Gasteiger partial charge is 0.326 e. The Balaban J connectivity index is 1.90. The number of carbonyl (C=O) groups excluding carboxylic acids is 2. The summed E-state index contributed by atoms with van der Waals surface area (Å²) in [5.74, 6) is 0.0161. The summed E-state index contributed by atoms with van der Waals surface area (Å²) in [7, 11) is 0. The highest BCUT2D eigenvalue weighted by Gasteiger charge is 2.15. The van der Waals surface area contributed by atoms with Crippen molar-refractivity contribution in [1.29, 1.82) is 0 Å². The van der Waals surface area contributed by atoms with E-state index in [0.29, 0.717) is 6.42 Å². The molecule has 0 aliphatic carbocycles. The van der Waals surface area contributed by atoms with Gasteiger partial charge in [-0.3, -0.25) is 9.59 Å². The lowest BCUT2D eigenvalue weighted by Gasteiger charge is -2.14. The van der Waals surface area contributed by atoms with Crippen LogP contribution in [0.1, 0.15) is 44.2 Å². The number of rotatable bonds is 8. The van der Waals surface area contributed by atoms with Gasteiger partial charge >= 0.3 is 0 Å². The maximum absolute atomic E-state index is 12.5. The molecule has 2 aromatic rings. The molecule has 0 spiro atoms. The van der Waals surface area contributed by atoms with E-state index >= 15 is 0 Å². The molecule has 0 fully saturated rings. The molecule has 2 amide bonds. The van der Waals surface area contributed by atoms with Gasteiger partial charge in [-0.1, -0.05) is 31.0 Å². The molecule has 0 heterocycles. The third kappa shape index (κ3) is 6.75. The van der Waals surface area contributed by atoms with E-state index < -0.39 is 0 Å². The van der Waals surface area contributed by atoms with Crippen molar-refractivity contribution in [3.63, 3.8) is 0 Å². The molecule has 27 heavy (non-hydrogen) atoms. The van der Waals surface area contributed by atoms with Crippen LogP contribution in [-0.2, 0) is 9.59 Å². The zero-order valence-electron chi connectivity index (χ0n) is 16.5. The molecule has 0 saturated carbocycles. The number of carbonyl (C=O) groups is 2. The van der Waals surface area contributed by atoms with Gasteiger partial charge in [-0.2, -0.15) is 0 Å². The molecular weight excluding hydrogens is 356 g/mol. The Kier molecular flexibility index (Phi) is 7.92. The highest BCUT2D eigenvalue weighted by molar-refractivity contribution is 8.00. The van der Waals surface area contributed by atoms with Crippen molar-refractivity contribution in [3.8, 4) is 0 Å². The fourth-order valence-electron chi connectivity index (χ4n) is 2.62. The van der Waals surface area contributed by atoms with Crippen LogP contribution in [-0.4, -0.2) is 17.1 Å². The normalized spacial score (nSPS) is 11.7. The molecule has 0 bridgehead atoms. The standard InChI is InChI=1S/C22H28N2O2S/c1-5-6-7-21(25)23-18-9-11-19(12-10-18)27-17(4)22(26)24-20-13-8-15(2)14-16(20)3/h8-14,17H,5-7H2,1-4H3,(H,23,25)(H,24,26). The third-order valence-electron chi connectivity index (χ3n) is 4.22. The van der Waals surface area contributed by atoms with Crippen molar-refractivity contribution in [1.82, 2.24) is 0 Å². The zero-order valence-corrected chi connectivity index (χ0v) is 17.3. The number of anilines is 2. The smallest absolute Gasteiger partial charge is 0.237 e. The molecule has 2 N–H and O–H groups in total. The topological polar surface area (TPSA) is 58.2 Å². The molecule has 0 aliphatic rings. The highest BCUT2D eigenvalue weighted by atomic mass is 32.2. The van der Waals surface area contributed by atoms with Crippen LogP contribution >= 0.6 is 11.8 Å². The quantitative estimate of drug-likeness (QED) is 0.587. The van der Waals surface area contributed by atoms with E-state index in [1.165, 1.54) is 17.3 Å². The summed E-state index contributed by atoms with van der Waals surface area (Å²) < 4.78 is 0. The van der Waals surface area contributed by atoms with Gasteiger partial charge < -0.3 is 10.6 Å². The summed E-state index contributed by atoms with van der Waals surface area (Å²) in [4.78, 5) is 25.2. The van der Waals surface area contributed by atoms with E-state index in [0.717, 1.165) is 34.7 Å². The summed E-state index contributed by atoms with van der Waals surface area (Å²) in [6.07, 6.45) is 2.44. The van der Waals surface area contributed by atoms with Crippen LogP contribution in [0.3, 0.4) is 0 Å². The summed E-state index contributed by atoms with van der Waals surface area (Å²) in [5, 5.41) is 5.67. The molecule has 1 unspecified atom stereocenters. The van der Waals surface area contributed by atoms with Crippen molar-refractivity contribution >= 4 is 35.0 Å². The molecule has 0 aromatic heterocycles. The van der Waals surface area contributed by atoms with Crippen molar-refractivity contribution in [2.45, 2.75) is 57.1 Å². The second-order valence-corrected chi connectivity index (χ2v) is 8.16. The second kappa shape index (κ2) is 10.2. The van der Waals surface area contributed by atoms with Gasteiger partial charge in [-0.15, -0.1) is 11.8 Å². The van der Waals surface area contributed by atoms with Gasteiger partial charge in [0.05, 0.1) is 5.25 Å². The molecule has 0 radical (unpaired) electrons. The van der Waals surface area contributed by atoms with E-state index in [9.17, 15) is 9.59 Å². The summed E-state index contributed by atoms with van der Waals surface area (Å²) in [6.45, 7) is 7.99. The number of nitrogens with one attached hydrogen (secondary N) is 2. The predicted molar refractivity (Wildman–Crippen MR) is 114 cm³/mol. The third-order valence-corrected chi connectivity index (χ3v) is 5.33. The van der Waals surface area contributed by atoms with Gasteiger partial charge in [0.15, 0.2) is 0 Å². The SMILES string of the molecule is CCCCC(=O)Nc1ccc(SC(C)C(=O)Nc2ccc(C)cc2C)cc1. The average Bonchev–Trinajstić information content (AvgIpc) is 2.63. The van der Waals surface area contributed by atoms with Gasteiger partial charge in [0, 0.05) is 22.7 Å². The number of hydrogen-bond acceptors (Lipinski definition) is 3. The van der Waals surface area contributed by atoms with E-state index in [-0.39, 0.29) is 17.1 Å². The van der Waals surface area contributed by atoms with Crippen LogP contribution in [0.25, 0.3) is 0 Å². The molecule has 144 valence electrons. The second-order valence-electron chi connectivity index (χ2n) is 6.74. The summed E-state index contributed by atoms with van der Waals surface area (Å²) in [6, 6.07) is 13.6. The fraction of sp³-hybridized carbons (Fsp3) is 0.364. The molecule has 2 aromatic carbocycles. The van der Waals surface area contributed by atoms with Crippen LogP contribution < -0.4 is 10.6 Å². The minimum atomic E-state index is -0.226. The van der Waals surface area contributed by atoms with Crippen LogP contribution in [0.15, 0.2) is 47.4 Å². The summed E-state index contributed by atoms with van der Waals surface area (Å²) >= 11 is 1.50. The molecule has 1 atom stereocenters. The van der Waals surface area contributed by atoms with E-state index in [1.54, 1.807) is 0 Å². The lowest BCUT2D eigenvalue weighted by atomic mass is 10.1. The first kappa shape index (κ1) is 21.0. The van der Waals surface area contributed by atoms with E-state index in [4.69, 9.17) is 0 Å². The Bertz CT molecular complexity index is 787. The van der Waals surface area contributed by atoms with Gasteiger partial charge in [0.25, 0.3) is 0 Å². The van der Waals surface area contributed by atoms with Crippen LogP contribution in [0.4, 0.5) is 11.4 Å². The van der Waals surface area contributed by atoms with Gasteiger partial charge in [0.2, 0.25) is 11.8 Å². The van der Waals surface area contributed by atoms with E-state index in [2.05, 4.69) is 23.6 Å². The Morgan fingerprint density at radius 2 is 1.74 bits per heavy atom. The van der Waals surface area contributed by atoms with Crippen molar-refractivity contribution in [3.05, 3.63) is 53.6 Å². The first-order valence-corrected chi connectivity index (χ1v) is 10.2. The first-order chi connectivity index (χ1) is 12.9. The Hall–Kier alpha value is -2.27. The molecule has 0 saturated heterocycles. The van der Waals surface area contributed by atoms with Crippen molar-refractivity contribution in [2.75, 3.05) is 10.6 Å². The minimum absolute atomic E-state index is 0.0242. The number of benzene rings is 2. The average molecular weight is 385 g/mol. The van der Waals surface area contributed by atoms with E-state index in [1.807, 2.05) is 57.2 Å². The monoisotopic (exact) mass is 384 g/mol. The van der Waals surface area contributed by atoms with Crippen molar-refractivity contribution < 1.29 is 9.59 Å². The number of hydrogen-bond donors (Lipinski definition) is 2. The predicted octanol–water partition coefficient (Wildman–Crippen LogP) is 5.55. The number of aryl methyl sites for hydroxylation is 2. The molecule has 0 aliphatic heterocycles. The maximum Gasteiger partial charge on any atom is 0.237 e. The van der Waals surface area contributed by atoms with Crippen LogP contribution in [0.5, 0.6) is 0 Å².